The summed E-state index contributed by atoms with van der Waals surface area (Å²) in [5.74, 6) is -0.758. The molecule has 3 aromatic rings. The van der Waals surface area contributed by atoms with Crippen molar-refractivity contribution in [2.45, 2.75) is 13.5 Å². The van der Waals surface area contributed by atoms with Gasteiger partial charge in [0.1, 0.15) is 12.4 Å². The van der Waals surface area contributed by atoms with Gasteiger partial charge in [-0.05, 0) is 41.6 Å². The zero-order chi connectivity index (χ0) is 18.3. The fourth-order valence-electron chi connectivity index (χ4n) is 3.28. The molecule has 4 rings (SSSR count). The van der Waals surface area contributed by atoms with E-state index in [1.165, 1.54) is 11.0 Å². The third-order valence-electron chi connectivity index (χ3n) is 4.68. The highest BCUT2D eigenvalue weighted by molar-refractivity contribution is 6.26. The molecule has 0 saturated heterocycles. The second-order valence-corrected chi connectivity index (χ2v) is 6.43. The van der Waals surface area contributed by atoms with E-state index in [1.54, 1.807) is 25.1 Å². The number of hydrogen-bond acceptors (Lipinski definition) is 2. The number of anilines is 1. The molecule has 0 aromatic heterocycles. The SMILES string of the molecule is Cc1ccc(CNC(=O)CN2C(=O)c3cccc4cccc2c34)cc1F. The van der Waals surface area contributed by atoms with Crippen LogP contribution in [0.3, 0.4) is 0 Å². The Morgan fingerprint density at radius 3 is 2.65 bits per heavy atom. The second kappa shape index (κ2) is 6.26. The van der Waals surface area contributed by atoms with Gasteiger partial charge in [-0.1, -0.05) is 36.4 Å². The Bertz CT molecular complexity index is 1040. The average molecular weight is 348 g/mol. The Morgan fingerprint density at radius 2 is 1.88 bits per heavy atom. The Hall–Kier alpha value is -3.21. The van der Waals surface area contributed by atoms with Crippen LogP contribution in [0.5, 0.6) is 0 Å². The number of amides is 2. The topological polar surface area (TPSA) is 49.4 Å². The van der Waals surface area contributed by atoms with Crippen molar-refractivity contribution in [2.75, 3.05) is 11.4 Å². The van der Waals surface area contributed by atoms with Gasteiger partial charge in [-0.3, -0.25) is 14.5 Å². The maximum atomic E-state index is 13.6. The Morgan fingerprint density at radius 1 is 1.12 bits per heavy atom. The van der Waals surface area contributed by atoms with Gasteiger partial charge in [-0.15, -0.1) is 0 Å². The number of hydrogen-bond donors (Lipinski definition) is 1. The molecule has 26 heavy (non-hydrogen) atoms. The van der Waals surface area contributed by atoms with Crippen molar-refractivity contribution in [3.8, 4) is 0 Å². The molecule has 3 aromatic carbocycles. The highest BCUT2D eigenvalue weighted by atomic mass is 19.1. The molecule has 1 aliphatic heterocycles. The van der Waals surface area contributed by atoms with E-state index in [-0.39, 0.29) is 30.7 Å². The minimum Gasteiger partial charge on any atom is -0.350 e. The minimum atomic E-state index is -0.298. The van der Waals surface area contributed by atoms with E-state index in [4.69, 9.17) is 0 Å². The van der Waals surface area contributed by atoms with Crippen LogP contribution < -0.4 is 10.2 Å². The largest absolute Gasteiger partial charge is 0.350 e. The Balaban J connectivity index is 1.49. The number of carbonyl (C=O) groups is 2. The number of halogens is 1. The zero-order valence-corrected chi connectivity index (χ0v) is 14.3. The molecule has 0 radical (unpaired) electrons. The molecular weight excluding hydrogens is 331 g/mol. The summed E-state index contributed by atoms with van der Waals surface area (Å²) in [6.07, 6.45) is 0. The normalized spacial score (nSPS) is 12.7. The van der Waals surface area contributed by atoms with Crippen LogP contribution in [0, 0.1) is 12.7 Å². The Kier molecular flexibility index (Phi) is 3.92. The van der Waals surface area contributed by atoms with Crippen molar-refractivity contribution in [1.82, 2.24) is 5.32 Å². The summed E-state index contributed by atoms with van der Waals surface area (Å²) in [7, 11) is 0. The summed E-state index contributed by atoms with van der Waals surface area (Å²) in [6, 6.07) is 16.1. The zero-order valence-electron chi connectivity index (χ0n) is 14.3. The van der Waals surface area contributed by atoms with Gasteiger partial charge in [0, 0.05) is 17.5 Å². The van der Waals surface area contributed by atoms with Crippen molar-refractivity contribution < 1.29 is 14.0 Å². The number of benzene rings is 3. The summed E-state index contributed by atoms with van der Waals surface area (Å²) in [5, 5.41) is 4.61. The van der Waals surface area contributed by atoms with Crippen molar-refractivity contribution in [3.05, 3.63) is 77.1 Å². The highest BCUT2D eigenvalue weighted by Gasteiger charge is 2.30. The van der Waals surface area contributed by atoms with Gasteiger partial charge in [0.25, 0.3) is 5.91 Å². The first-order chi connectivity index (χ1) is 12.5. The average Bonchev–Trinajstić information content (AvgIpc) is 2.91. The highest BCUT2D eigenvalue weighted by Crippen LogP contribution is 2.36. The van der Waals surface area contributed by atoms with E-state index in [1.807, 2.05) is 30.3 Å². The number of carbonyl (C=O) groups excluding carboxylic acids is 2. The molecule has 5 heteroatoms. The number of nitrogens with one attached hydrogen (secondary N) is 1. The van der Waals surface area contributed by atoms with E-state index in [2.05, 4.69) is 5.32 Å². The maximum Gasteiger partial charge on any atom is 0.259 e. The number of nitrogens with zero attached hydrogens (tertiary/aromatic N) is 1. The molecule has 0 unspecified atom stereocenters. The van der Waals surface area contributed by atoms with Crippen LogP contribution in [0.4, 0.5) is 10.1 Å². The first-order valence-corrected chi connectivity index (χ1v) is 8.40. The molecule has 0 fully saturated rings. The van der Waals surface area contributed by atoms with Crippen LogP contribution >= 0.6 is 0 Å². The third kappa shape index (κ3) is 2.71. The molecule has 0 bridgehead atoms. The van der Waals surface area contributed by atoms with Crippen molar-refractivity contribution in [3.63, 3.8) is 0 Å². The van der Waals surface area contributed by atoms with Gasteiger partial charge < -0.3 is 5.32 Å². The lowest BCUT2D eigenvalue weighted by atomic mass is 10.1. The summed E-state index contributed by atoms with van der Waals surface area (Å²) >= 11 is 0. The predicted octanol–water partition coefficient (Wildman–Crippen LogP) is 3.56. The summed E-state index contributed by atoms with van der Waals surface area (Å²) in [6.45, 7) is 1.84. The van der Waals surface area contributed by atoms with E-state index in [9.17, 15) is 14.0 Å². The quantitative estimate of drug-likeness (QED) is 0.784. The van der Waals surface area contributed by atoms with Crippen LogP contribution in [0.25, 0.3) is 10.8 Å². The smallest absolute Gasteiger partial charge is 0.259 e. The standard InChI is InChI=1S/C21H17FN2O2/c1-13-8-9-14(10-17(13)22)11-23-19(25)12-24-18-7-3-5-15-4-2-6-16(20(15)18)21(24)26/h2-10H,11-12H2,1H3,(H,23,25). The summed E-state index contributed by atoms with van der Waals surface area (Å²) < 4.78 is 13.6. The summed E-state index contributed by atoms with van der Waals surface area (Å²) in [4.78, 5) is 26.5. The minimum absolute atomic E-state index is 0.0685. The molecule has 0 aliphatic carbocycles. The molecule has 1 heterocycles. The first-order valence-electron chi connectivity index (χ1n) is 8.40. The van der Waals surface area contributed by atoms with Crippen LogP contribution in [0.15, 0.2) is 54.6 Å². The van der Waals surface area contributed by atoms with E-state index >= 15 is 0 Å². The summed E-state index contributed by atoms with van der Waals surface area (Å²) in [5.41, 5.74) is 2.61. The second-order valence-electron chi connectivity index (χ2n) is 6.43. The van der Waals surface area contributed by atoms with Gasteiger partial charge in [0.2, 0.25) is 5.91 Å². The van der Waals surface area contributed by atoms with Crippen LogP contribution in [-0.4, -0.2) is 18.4 Å². The third-order valence-corrected chi connectivity index (χ3v) is 4.68. The number of rotatable bonds is 4. The van der Waals surface area contributed by atoms with Gasteiger partial charge in [-0.2, -0.15) is 0 Å². The molecule has 2 amide bonds. The fraction of sp³-hybridized carbons (Fsp3) is 0.143. The predicted molar refractivity (Wildman–Crippen MR) is 98.6 cm³/mol. The Labute approximate surface area is 150 Å². The lowest BCUT2D eigenvalue weighted by molar-refractivity contribution is -0.119. The molecule has 0 spiro atoms. The fourth-order valence-corrected chi connectivity index (χ4v) is 3.28. The van der Waals surface area contributed by atoms with Crippen molar-refractivity contribution in [1.29, 1.82) is 0 Å². The molecule has 130 valence electrons. The number of aryl methyl sites for hydroxylation is 1. The van der Waals surface area contributed by atoms with Crippen molar-refractivity contribution in [2.24, 2.45) is 0 Å². The monoisotopic (exact) mass is 348 g/mol. The first kappa shape index (κ1) is 16.3. The van der Waals surface area contributed by atoms with E-state index in [0.29, 0.717) is 16.7 Å². The van der Waals surface area contributed by atoms with Crippen LogP contribution in [0.2, 0.25) is 0 Å². The van der Waals surface area contributed by atoms with Gasteiger partial charge in [0.05, 0.1) is 5.69 Å². The molecule has 0 saturated carbocycles. The van der Waals surface area contributed by atoms with Gasteiger partial charge in [-0.25, -0.2) is 4.39 Å². The lowest BCUT2D eigenvalue weighted by Crippen LogP contribution is -2.38. The molecule has 0 atom stereocenters. The van der Waals surface area contributed by atoms with Gasteiger partial charge in [0.15, 0.2) is 0 Å². The van der Waals surface area contributed by atoms with E-state index < -0.39 is 0 Å². The van der Waals surface area contributed by atoms with Crippen LogP contribution in [-0.2, 0) is 11.3 Å². The van der Waals surface area contributed by atoms with Crippen molar-refractivity contribution >= 4 is 28.3 Å². The lowest BCUT2D eigenvalue weighted by Gasteiger charge is -2.17. The molecule has 1 N–H and O–H groups in total. The van der Waals surface area contributed by atoms with Gasteiger partial charge >= 0.3 is 0 Å². The van der Waals surface area contributed by atoms with Crippen LogP contribution in [0.1, 0.15) is 21.5 Å². The molecular formula is C21H17FN2O2. The maximum absolute atomic E-state index is 13.6. The van der Waals surface area contributed by atoms with E-state index in [0.717, 1.165) is 16.5 Å². The molecule has 4 nitrogen and oxygen atoms in total. The molecule has 1 aliphatic rings.